The number of methoxy groups -OCH3 is 1. The van der Waals surface area contributed by atoms with E-state index in [1.807, 2.05) is 24.3 Å². The molecule has 0 aliphatic heterocycles. The molecule has 3 nitrogen and oxygen atoms in total. The molecule has 96 valence electrons. The van der Waals surface area contributed by atoms with Gasteiger partial charge in [-0.15, -0.1) is 0 Å². The van der Waals surface area contributed by atoms with Crippen LogP contribution in [0, 0.1) is 5.92 Å². The lowest BCUT2D eigenvalue weighted by Crippen LogP contribution is -2.30. The highest BCUT2D eigenvalue weighted by Gasteiger charge is 2.17. The van der Waals surface area contributed by atoms with Gasteiger partial charge in [-0.1, -0.05) is 24.3 Å². The van der Waals surface area contributed by atoms with Crippen LogP contribution in [0.2, 0.25) is 0 Å². The zero-order valence-corrected chi connectivity index (χ0v) is 10.7. The molecule has 0 saturated carbocycles. The molecule has 1 aromatic rings. The molecule has 1 unspecified atom stereocenters. The zero-order chi connectivity index (χ0) is 12.8. The highest BCUT2D eigenvalue weighted by molar-refractivity contribution is 5.78. The van der Waals surface area contributed by atoms with E-state index in [-0.39, 0.29) is 11.8 Å². The number of carbonyl (C=O) groups is 1. The number of ether oxygens (including phenoxy) is 1. The Balaban J connectivity index is 1.86. The normalized spacial score (nSPS) is 18.4. The third kappa shape index (κ3) is 3.36. The summed E-state index contributed by atoms with van der Waals surface area (Å²) in [7, 11) is 1.64. The highest BCUT2D eigenvalue weighted by Crippen LogP contribution is 2.18. The lowest BCUT2D eigenvalue weighted by Gasteiger charge is -2.17. The minimum absolute atomic E-state index is 0.139. The summed E-state index contributed by atoms with van der Waals surface area (Å²) in [5.74, 6) is 1.12. The molecule has 2 rings (SSSR count). The Bertz CT molecular complexity index is 440. The first-order valence-electron chi connectivity index (χ1n) is 6.35. The molecule has 0 spiro atoms. The third-order valence-corrected chi connectivity index (χ3v) is 3.24. The number of carbonyl (C=O) groups excluding carboxylic acids is 1. The lowest BCUT2D eigenvalue weighted by atomic mass is 9.93. The molecule has 0 heterocycles. The molecule has 0 fully saturated rings. The van der Waals surface area contributed by atoms with E-state index in [4.69, 9.17) is 4.74 Å². The summed E-state index contributed by atoms with van der Waals surface area (Å²) in [5.41, 5.74) is 1.06. The maximum absolute atomic E-state index is 11.9. The largest absolute Gasteiger partial charge is 0.497 e. The molecule has 1 amide bonds. The predicted octanol–water partition coefficient (Wildman–Crippen LogP) is 2.67. The maximum atomic E-state index is 11.9. The van der Waals surface area contributed by atoms with Gasteiger partial charge in [0, 0.05) is 12.5 Å². The Kier molecular flexibility index (Phi) is 4.40. The fourth-order valence-corrected chi connectivity index (χ4v) is 2.15. The van der Waals surface area contributed by atoms with E-state index < -0.39 is 0 Å². The first-order valence-corrected chi connectivity index (χ1v) is 6.35. The molecule has 3 heteroatoms. The van der Waals surface area contributed by atoms with Crippen molar-refractivity contribution in [3.63, 3.8) is 0 Å². The van der Waals surface area contributed by atoms with E-state index in [9.17, 15) is 4.79 Å². The van der Waals surface area contributed by atoms with Crippen LogP contribution in [0.3, 0.4) is 0 Å². The van der Waals surface area contributed by atoms with Gasteiger partial charge < -0.3 is 10.1 Å². The Labute approximate surface area is 108 Å². The molecule has 1 aromatic carbocycles. The Morgan fingerprint density at radius 2 is 2.33 bits per heavy atom. The first kappa shape index (κ1) is 12.7. The molecule has 0 saturated heterocycles. The van der Waals surface area contributed by atoms with Crippen molar-refractivity contribution in [2.75, 3.05) is 7.11 Å². The van der Waals surface area contributed by atoms with E-state index >= 15 is 0 Å². The molecule has 18 heavy (non-hydrogen) atoms. The summed E-state index contributed by atoms with van der Waals surface area (Å²) < 4.78 is 5.16. The van der Waals surface area contributed by atoms with E-state index in [2.05, 4.69) is 17.5 Å². The number of amides is 1. The molecule has 0 radical (unpaired) electrons. The van der Waals surface area contributed by atoms with Gasteiger partial charge in [-0.3, -0.25) is 4.79 Å². The van der Waals surface area contributed by atoms with Crippen molar-refractivity contribution >= 4 is 5.91 Å². The average Bonchev–Trinajstić information content (AvgIpc) is 2.46. The number of rotatable bonds is 4. The van der Waals surface area contributed by atoms with Gasteiger partial charge in [-0.2, -0.15) is 0 Å². The Hall–Kier alpha value is -1.77. The molecule has 1 atom stereocenters. The average molecular weight is 245 g/mol. The molecule has 0 bridgehead atoms. The van der Waals surface area contributed by atoms with Crippen molar-refractivity contribution in [3.05, 3.63) is 42.0 Å². The van der Waals surface area contributed by atoms with Crippen LogP contribution >= 0.6 is 0 Å². The van der Waals surface area contributed by atoms with E-state index in [0.717, 1.165) is 30.6 Å². The first-order chi connectivity index (χ1) is 8.79. The summed E-state index contributed by atoms with van der Waals surface area (Å²) in [6, 6.07) is 7.77. The second kappa shape index (κ2) is 6.24. The number of nitrogens with one attached hydrogen (secondary N) is 1. The van der Waals surface area contributed by atoms with Gasteiger partial charge >= 0.3 is 0 Å². The summed E-state index contributed by atoms with van der Waals surface area (Å²) >= 11 is 0. The second-order valence-electron chi connectivity index (χ2n) is 4.55. The fraction of sp³-hybridized carbons (Fsp3) is 0.400. The molecule has 1 N–H and O–H groups in total. The third-order valence-electron chi connectivity index (χ3n) is 3.24. The quantitative estimate of drug-likeness (QED) is 0.828. The van der Waals surface area contributed by atoms with Crippen LogP contribution in [0.25, 0.3) is 0 Å². The summed E-state index contributed by atoms with van der Waals surface area (Å²) in [4.78, 5) is 11.9. The molecule has 0 aromatic heterocycles. The van der Waals surface area contributed by atoms with Crippen LogP contribution in [-0.2, 0) is 11.3 Å². The van der Waals surface area contributed by atoms with Crippen LogP contribution in [-0.4, -0.2) is 13.0 Å². The van der Waals surface area contributed by atoms with Gasteiger partial charge in [-0.05, 0) is 37.0 Å². The van der Waals surface area contributed by atoms with Crippen LogP contribution < -0.4 is 10.1 Å². The topological polar surface area (TPSA) is 38.3 Å². The van der Waals surface area contributed by atoms with Crippen LogP contribution in [0.4, 0.5) is 0 Å². The summed E-state index contributed by atoms with van der Waals surface area (Å²) in [6.07, 6.45) is 7.08. The summed E-state index contributed by atoms with van der Waals surface area (Å²) in [5, 5.41) is 2.99. The zero-order valence-electron chi connectivity index (χ0n) is 10.7. The van der Waals surface area contributed by atoms with E-state index in [1.54, 1.807) is 7.11 Å². The second-order valence-corrected chi connectivity index (χ2v) is 4.55. The minimum atomic E-state index is 0.139. The number of hydrogen-bond acceptors (Lipinski definition) is 2. The van der Waals surface area contributed by atoms with Gasteiger partial charge in [0.15, 0.2) is 0 Å². The van der Waals surface area contributed by atoms with Crippen molar-refractivity contribution in [1.82, 2.24) is 5.32 Å². The molecular weight excluding hydrogens is 226 g/mol. The van der Waals surface area contributed by atoms with Crippen molar-refractivity contribution in [2.45, 2.75) is 25.8 Å². The van der Waals surface area contributed by atoms with E-state index in [1.165, 1.54) is 0 Å². The molecule has 1 aliphatic rings. The standard InChI is InChI=1S/C15H19NO2/c1-18-14-9-5-6-12(10-14)11-16-15(17)13-7-3-2-4-8-13/h2-3,5-6,9-10,13H,4,7-8,11H2,1H3,(H,16,17). The van der Waals surface area contributed by atoms with Gasteiger partial charge in [0.05, 0.1) is 7.11 Å². The lowest BCUT2D eigenvalue weighted by molar-refractivity contribution is -0.125. The number of hydrogen-bond donors (Lipinski definition) is 1. The molecular formula is C15H19NO2. The van der Waals surface area contributed by atoms with Crippen molar-refractivity contribution in [2.24, 2.45) is 5.92 Å². The monoisotopic (exact) mass is 245 g/mol. The Morgan fingerprint density at radius 1 is 1.44 bits per heavy atom. The maximum Gasteiger partial charge on any atom is 0.223 e. The fourth-order valence-electron chi connectivity index (χ4n) is 2.15. The van der Waals surface area contributed by atoms with Crippen molar-refractivity contribution in [1.29, 1.82) is 0 Å². The van der Waals surface area contributed by atoms with Crippen LogP contribution in [0.15, 0.2) is 36.4 Å². The van der Waals surface area contributed by atoms with Crippen LogP contribution in [0.1, 0.15) is 24.8 Å². The molecule has 1 aliphatic carbocycles. The number of benzene rings is 1. The minimum Gasteiger partial charge on any atom is -0.497 e. The SMILES string of the molecule is COc1cccc(CNC(=O)C2CC=CCC2)c1. The number of allylic oxidation sites excluding steroid dienone is 2. The van der Waals surface area contributed by atoms with Gasteiger partial charge in [0.2, 0.25) is 5.91 Å². The van der Waals surface area contributed by atoms with Crippen molar-refractivity contribution in [3.8, 4) is 5.75 Å². The summed E-state index contributed by atoms with van der Waals surface area (Å²) in [6.45, 7) is 0.566. The van der Waals surface area contributed by atoms with Crippen molar-refractivity contribution < 1.29 is 9.53 Å². The van der Waals surface area contributed by atoms with Crippen LogP contribution in [0.5, 0.6) is 5.75 Å². The highest BCUT2D eigenvalue weighted by atomic mass is 16.5. The smallest absolute Gasteiger partial charge is 0.223 e. The van der Waals surface area contributed by atoms with Gasteiger partial charge in [0.1, 0.15) is 5.75 Å². The Morgan fingerprint density at radius 3 is 3.06 bits per heavy atom. The van der Waals surface area contributed by atoms with E-state index in [0.29, 0.717) is 6.54 Å². The van der Waals surface area contributed by atoms with Gasteiger partial charge in [0.25, 0.3) is 0 Å². The predicted molar refractivity (Wildman–Crippen MR) is 71.3 cm³/mol. The van der Waals surface area contributed by atoms with Gasteiger partial charge in [-0.25, -0.2) is 0 Å².